The van der Waals surface area contributed by atoms with E-state index in [2.05, 4.69) is 27.4 Å². The van der Waals surface area contributed by atoms with Gasteiger partial charge in [-0.1, -0.05) is 0 Å². The summed E-state index contributed by atoms with van der Waals surface area (Å²) >= 11 is 0. The molecule has 0 aromatic heterocycles. The van der Waals surface area contributed by atoms with Crippen molar-refractivity contribution in [1.29, 1.82) is 0 Å². The summed E-state index contributed by atoms with van der Waals surface area (Å²) in [5.41, 5.74) is 6.02. The zero-order valence-corrected chi connectivity index (χ0v) is 9.58. The third-order valence-corrected chi connectivity index (χ3v) is 3.35. The minimum atomic E-state index is 0.159. The molecule has 0 bridgehead atoms. The predicted octanol–water partition coefficient (Wildman–Crippen LogP) is -1.57. The van der Waals surface area contributed by atoms with Crippen molar-refractivity contribution in [3.05, 3.63) is 0 Å². The van der Waals surface area contributed by atoms with E-state index in [-0.39, 0.29) is 6.17 Å². The van der Waals surface area contributed by atoms with Crippen LogP contribution < -0.4 is 16.4 Å². The zero-order chi connectivity index (χ0) is 10.7. The Bertz CT molecular complexity index is 190. The molecule has 0 radical (unpaired) electrons. The van der Waals surface area contributed by atoms with Crippen LogP contribution >= 0.6 is 0 Å². The number of nitrogens with one attached hydrogen (secondary N) is 2. The summed E-state index contributed by atoms with van der Waals surface area (Å²) in [6.45, 7) is 9.72. The highest BCUT2D eigenvalue weighted by atomic mass is 15.4. The molecule has 0 amide bonds. The molecular weight excluding hydrogens is 190 g/mol. The Morgan fingerprint density at radius 2 is 1.80 bits per heavy atom. The lowest BCUT2D eigenvalue weighted by molar-refractivity contribution is -0.00494. The standard InChI is InChI=1S/C10H23N5/c1-9(11)15-7-4-13-8-10(15)14-5-2-12-3-6-14/h9-10,12-13H,2-8,11H2,1H3. The molecule has 0 spiro atoms. The highest BCUT2D eigenvalue weighted by Gasteiger charge is 2.30. The van der Waals surface area contributed by atoms with Gasteiger partial charge in [-0.2, -0.15) is 0 Å². The second-order valence-corrected chi connectivity index (χ2v) is 4.45. The van der Waals surface area contributed by atoms with Gasteiger partial charge >= 0.3 is 0 Å². The molecular formula is C10H23N5. The Morgan fingerprint density at radius 3 is 2.47 bits per heavy atom. The number of nitrogens with zero attached hydrogens (tertiary/aromatic N) is 2. The lowest BCUT2D eigenvalue weighted by Gasteiger charge is -2.46. The molecule has 2 aliphatic rings. The van der Waals surface area contributed by atoms with E-state index in [9.17, 15) is 0 Å². The van der Waals surface area contributed by atoms with Crippen molar-refractivity contribution >= 4 is 0 Å². The molecule has 0 aromatic carbocycles. The van der Waals surface area contributed by atoms with Crippen LogP contribution in [0.1, 0.15) is 6.92 Å². The number of hydrogen-bond donors (Lipinski definition) is 3. The summed E-state index contributed by atoms with van der Waals surface area (Å²) in [5, 5.41) is 6.84. The Labute approximate surface area is 92.0 Å². The van der Waals surface area contributed by atoms with Crippen molar-refractivity contribution in [2.75, 3.05) is 45.8 Å². The van der Waals surface area contributed by atoms with Gasteiger partial charge in [-0.3, -0.25) is 9.80 Å². The van der Waals surface area contributed by atoms with Crippen LogP contribution in [0.2, 0.25) is 0 Å². The van der Waals surface area contributed by atoms with Crippen LogP contribution in [-0.2, 0) is 0 Å². The number of rotatable bonds is 2. The first kappa shape index (κ1) is 11.3. The highest BCUT2D eigenvalue weighted by Crippen LogP contribution is 2.11. The molecule has 88 valence electrons. The van der Waals surface area contributed by atoms with Crippen LogP contribution in [-0.4, -0.2) is 67.9 Å². The third kappa shape index (κ3) is 2.68. The van der Waals surface area contributed by atoms with Gasteiger partial charge in [-0.05, 0) is 6.92 Å². The van der Waals surface area contributed by atoms with Crippen molar-refractivity contribution < 1.29 is 0 Å². The van der Waals surface area contributed by atoms with Gasteiger partial charge in [0.15, 0.2) is 0 Å². The van der Waals surface area contributed by atoms with Crippen molar-refractivity contribution in [3.63, 3.8) is 0 Å². The van der Waals surface area contributed by atoms with E-state index in [1.807, 2.05) is 0 Å². The largest absolute Gasteiger partial charge is 0.316 e. The van der Waals surface area contributed by atoms with Crippen molar-refractivity contribution in [2.45, 2.75) is 19.3 Å². The van der Waals surface area contributed by atoms with Crippen molar-refractivity contribution in [2.24, 2.45) is 5.73 Å². The molecule has 2 aliphatic heterocycles. The van der Waals surface area contributed by atoms with E-state index in [0.717, 1.165) is 45.8 Å². The average Bonchev–Trinajstić information content (AvgIpc) is 2.30. The van der Waals surface area contributed by atoms with Gasteiger partial charge < -0.3 is 16.4 Å². The summed E-state index contributed by atoms with van der Waals surface area (Å²) in [6, 6.07) is 0. The third-order valence-electron chi connectivity index (χ3n) is 3.35. The highest BCUT2D eigenvalue weighted by molar-refractivity contribution is 4.84. The van der Waals surface area contributed by atoms with Gasteiger partial charge in [-0.15, -0.1) is 0 Å². The Kier molecular flexibility index (Phi) is 3.93. The molecule has 5 heteroatoms. The van der Waals surface area contributed by atoms with Gasteiger partial charge in [0.2, 0.25) is 0 Å². The van der Waals surface area contributed by atoms with Crippen LogP contribution in [0, 0.1) is 0 Å². The number of hydrogen-bond acceptors (Lipinski definition) is 5. The summed E-state index contributed by atoms with van der Waals surface area (Å²) in [6.07, 6.45) is 0.646. The summed E-state index contributed by atoms with van der Waals surface area (Å²) in [4.78, 5) is 4.94. The molecule has 2 atom stereocenters. The second kappa shape index (κ2) is 5.23. The van der Waals surface area contributed by atoms with E-state index >= 15 is 0 Å². The van der Waals surface area contributed by atoms with Crippen LogP contribution in [0.25, 0.3) is 0 Å². The van der Waals surface area contributed by atoms with E-state index in [1.165, 1.54) is 0 Å². The smallest absolute Gasteiger partial charge is 0.0764 e. The van der Waals surface area contributed by atoms with Crippen LogP contribution in [0.4, 0.5) is 0 Å². The molecule has 0 aromatic rings. The second-order valence-electron chi connectivity index (χ2n) is 4.45. The van der Waals surface area contributed by atoms with E-state index in [4.69, 9.17) is 5.73 Å². The molecule has 2 saturated heterocycles. The molecule has 15 heavy (non-hydrogen) atoms. The van der Waals surface area contributed by atoms with Crippen LogP contribution in [0.5, 0.6) is 0 Å². The zero-order valence-electron chi connectivity index (χ0n) is 9.58. The first-order valence-electron chi connectivity index (χ1n) is 5.96. The molecule has 2 unspecified atom stereocenters. The fourth-order valence-electron chi connectivity index (χ4n) is 2.50. The molecule has 2 rings (SSSR count). The Morgan fingerprint density at radius 1 is 1.13 bits per heavy atom. The molecule has 2 heterocycles. The average molecular weight is 213 g/mol. The minimum absolute atomic E-state index is 0.159. The van der Waals surface area contributed by atoms with E-state index in [0.29, 0.717) is 6.17 Å². The van der Waals surface area contributed by atoms with Gasteiger partial charge in [-0.25, -0.2) is 0 Å². The quantitative estimate of drug-likeness (QED) is 0.517. The molecule has 0 saturated carbocycles. The maximum absolute atomic E-state index is 6.02. The maximum atomic E-state index is 6.02. The van der Waals surface area contributed by atoms with E-state index in [1.54, 1.807) is 0 Å². The SMILES string of the molecule is CC(N)N1CCNCC1N1CCNCC1. The molecule has 4 N–H and O–H groups in total. The molecule has 2 fully saturated rings. The van der Waals surface area contributed by atoms with E-state index < -0.39 is 0 Å². The van der Waals surface area contributed by atoms with Gasteiger partial charge in [0.25, 0.3) is 0 Å². The normalized spacial score (nSPS) is 32.8. The lowest BCUT2D eigenvalue weighted by atomic mass is 10.2. The topological polar surface area (TPSA) is 56.6 Å². The number of piperazine rings is 2. The first-order valence-corrected chi connectivity index (χ1v) is 5.96. The Balaban J connectivity index is 1.96. The number of nitrogens with two attached hydrogens (primary N) is 1. The maximum Gasteiger partial charge on any atom is 0.0764 e. The molecule has 0 aliphatic carbocycles. The summed E-state index contributed by atoms with van der Waals surface area (Å²) < 4.78 is 0. The van der Waals surface area contributed by atoms with Gasteiger partial charge in [0.1, 0.15) is 0 Å². The monoisotopic (exact) mass is 213 g/mol. The van der Waals surface area contributed by atoms with Crippen LogP contribution in [0.15, 0.2) is 0 Å². The molecule has 5 nitrogen and oxygen atoms in total. The lowest BCUT2D eigenvalue weighted by Crippen LogP contribution is -2.65. The van der Waals surface area contributed by atoms with Crippen LogP contribution in [0.3, 0.4) is 0 Å². The summed E-state index contributed by atoms with van der Waals surface area (Å²) in [7, 11) is 0. The summed E-state index contributed by atoms with van der Waals surface area (Å²) in [5.74, 6) is 0. The Hall–Kier alpha value is -0.200. The van der Waals surface area contributed by atoms with Gasteiger partial charge in [0.05, 0.1) is 12.3 Å². The van der Waals surface area contributed by atoms with Crippen molar-refractivity contribution in [1.82, 2.24) is 20.4 Å². The predicted molar refractivity (Wildman–Crippen MR) is 61.5 cm³/mol. The minimum Gasteiger partial charge on any atom is -0.316 e. The van der Waals surface area contributed by atoms with Gasteiger partial charge in [0, 0.05) is 45.8 Å². The van der Waals surface area contributed by atoms with Crippen molar-refractivity contribution in [3.8, 4) is 0 Å². The fourth-order valence-corrected chi connectivity index (χ4v) is 2.50. The fraction of sp³-hybridized carbons (Fsp3) is 1.00. The first-order chi connectivity index (χ1) is 7.29.